The van der Waals surface area contributed by atoms with Gasteiger partial charge in [0.25, 0.3) is 0 Å². The van der Waals surface area contributed by atoms with Gasteiger partial charge in [-0.1, -0.05) is 12.8 Å². The first-order chi connectivity index (χ1) is 12.1. The molecule has 3 rings (SSSR count). The normalized spacial score (nSPS) is 23.9. The van der Waals surface area contributed by atoms with Crippen LogP contribution in [0.1, 0.15) is 57.3 Å². The van der Waals surface area contributed by atoms with Crippen molar-refractivity contribution in [3.8, 4) is 0 Å². The number of aromatic nitrogens is 3. The van der Waals surface area contributed by atoms with Crippen LogP contribution in [-0.4, -0.2) is 63.3 Å². The molecule has 2 saturated heterocycles. The van der Waals surface area contributed by atoms with E-state index in [-0.39, 0.29) is 12.1 Å². The van der Waals surface area contributed by atoms with Gasteiger partial charge in [-0.2, -0.15) is 0 Å². The standard InChI is InChI=1S/C18H32N6O/c1-15(17-21-19-14-22(17)2)20-18(25)24-11-7-8-16(13-24)12-23-9-5-3-4-6-10-23/h14-16H,3-13H2,1-2H3,(H,20,25)/t15-,16+/m1/s1. The SMILES string of the molecule is C[C@@H](NC(=O)N1CCC[C@@H](CN2CCCCCC2)C1)c1nncn1C. The number of rotatable bonds is 4. The molecular formula is C18H32N6O. The summed E-state index contributed by atoms with van der Waals surface area (Å²) in [4.78, 5) is 17.2. The summed E-state index contributed by atoms with van der Waals surface area (Å²) in [7, 11) is 1.90. The molecule has 25 heavy (non-hydrogen) atoms. The molecule has 140 valence electrons. The molecule has 0 aliphatic carbocycles. The van der Waals surface area contributed by atoms with Crippen LogP contribution in [0.25, 0.3) is 0 Å². The summed E-state index contributed by atoms with van der Waals surface area (Å²) in [6, 6.07) is -0.109. The maximum Gasteiger partial charge on any atom is 0.317 e. The van der Waals surface area contributed by atoms with Gasteiger partial charge in [-0.05, 0) is 51.6 Å². The van der Waals surface area contributed by atoms with E-state index in [9.17, 15) is 4.79 Å². The van der Waals surface area contributed by atoms with Gasteiger partial charge in [0.2, 0.25) is 0 Å². The first-order valence-corrected chi connectivity index (χ1v) is 9.75. The molecule has 0 unspecified atom stereocenters. The molecule has 2 aliphatic heterocycles. The van der Waals surface area contributed by atoms with E-state index in [4.69, 9.17) is 0 Å². The predicted octanol–water partition coefficient (Wildman–Crippen LogP) is 2.17. The predicted molar refractivity (Wildman–Crippen MR) is 97.2 cm³/mol. The van der Waals surface area contributed by atoms with Crippen LogP contribution in [0.2, 0.25) is 0 Å². The summed E-state index contributed by atoms with van der Waals surface area (Å²) in [5.41, 5.74) is 0. The molecule has 1 aromatic rings. The average molecular weight is 348 g/mol. The minimum atomic E-state index is -0.133. The van der Waals surface area contributed by atoms with E-state index in [1.165, 1.54) is 45.2 Å². The highest BCUT2D eigenvalue weighted by molar-refractivity contribution is 5.74. The molecule has 0 saturated carbocycles. The zero-order chi connectivity index (χ0) is 17.6. The summed E-state index contributed by atoms with van der Waals surface area (Å²) >= 11 is 0. The Kier molecular flexibility index (Phi) is 6.29. The molecule has 0 spiro atoms. The van der Waals surface area contributed by atoms with E-state index < -0.39 is 0 Å². The monoisotopic (exact) mass is 348 g/mol. The average Bonchev–Trinajstić information content (AvgIpc) is 2.87. The third-order valence-corrected chi connectivity index (χ3v) is 5.49. The van der Waals surface area contributed by atoms with Crippen LogP contribution in [0.5, 0.6) is 0 Å². The Bertz CT molecular complexity index is 552. The van der Waals surface area contributed by atoms with Crippen LogP contribution in [0, 0.1) is 5.92 Å². The summed E-state index contributed by atoms with van der Waals surface area (Å²) in [5, 5.41) is 11.1. The third kappa shape index (κ3) is 4.93. The number of hydrogen-bond donors (Lipinski definition) is 1. The second-order valence-corrected chi connectivity index (χ2v) is 7.64. The molecule has 2 amide bonds. The van der Waals surface area contributed by atoms with Crippen molar-refractivity contribution in [3.63, 3.8) is 0 Å². The Morgan fingerprint density at radius 3 is 2.68 bits per heavy atom. The van der Waals surface area contributed by atoms with Crippen molar-refractivity contribution in [1.29, 1.82) is 0 Å². The number of carbonyl (C=O) groups excluding carboxylic acids is 1. The minimum absolute atomic E-state index is 0.0241. The Labute approximate surface area is 150 Å². The van der Waals surface area contributed by atoms with Crippen molar-refractivity contribution >= 4 is 6.03 Å². The molecule has 0 aromatic carbocycles. The van der Waals surface area contributed by atoms with Gasteiger partial charge in [-0.3, -0.25) is 0 Å². The van der Waals surface area contributed by atoms with E-state index in [1.54, 1.807) is 6.33 Å². The number of nitrogens with one attached hydrogen (secondary N) is 1. The molecule has 1 N–H and O–H groups in total. The highest BCUT2D eigenvalue weighted by Gasteiger charge is 2.26. The second-order valence-electron chi connectivity index (χ2n) is 7.64. The van der Waals surface area contributed by atoms with Crippen molar-refractivity contribution in [2.75, 3.05) is 32.7 Å². The van der Waals surface area contributed by atoms with Crippen molar-refractivity contribution in [1.82, 2.24) is 29.9 Å². The molecule has 0 radical (unpaired) electrons. The maximum absolute atomic E-state index is 12.7. The maximum atomic E-state index is 12.7. The Hall–Kier alpha value is -1.63. The molecule has 7 heteroatoms. The van der Waals surface area contributed by atoms with Crippen molar-refractivity contribution < 1.29 is 4.79 Å². The first kappa shape index (κ1) is 18.2. The molecule has 0 bridgehead atoms. The zero-order valence-corrected chi connectivity index (χ0v) is 15.7. The molecule has 7 nitrogen and oxygen atoms in total. The lowest BCUT2D eigenvalue weighted by molar-refractivity contribution is 0.138. The molecule has 3 heterocycles. The van der Waals surface area contributed by atoms with Crippen molar-refractivity contribution in [2.45, 2.75) is 51.5 Å². The minimum Gasteiger partial charge on any atom is -0.328 e. The van der Waals surface area contributed by atoms with Crippen LogP contribution in [0.3, 0.4) is 0 Å². The van der Waals surface area contributed by atoms with Crippen molar-refractivity contribution in [2.24, 2.45) is 13.0 Å². The number of piperidine rings is 1. The van der Waals surface area contributed by atoms with Crippen LogP contribution >= 0.6 is 0 Å². The lowest BCUT2D eigenvalue weighted by Gasteiger charge is -2.36. The molecule has 2 atom stereocenters. The van der Waals surface area contributed by atoms with E-state index in [0.717, 1.165) is 31.9 Å². The number of likely N-dealkylation sites (tertiary alicyclic amines) is 2. The number of urea groups is 1. The second kappa shape index (κ2) is 8.65. The quantitative estimate of drug-likeness (QED) is 0.906. The third-order valence-electron chi connectivity index (χ3n) is 5.49. The Balaban J connectivity index is 1.50. The number of nitrogens with zero attached hydrogens (tertiary/aromatic N) is 5. The summed E-state index contributed by atoms with van der Waals surface area (Å²) in [5.74, 6) is 1.38. The van der Waals surface area contributed by atoms with Crippen LogP contribution in [0.15, 0.2) is 6.33 Å². The number of hydrogen-bond acceptors (Lipinski definition) is 4. The van der Waals surface area contributed by atoms with Gasteiger partial charge in [0, 0.05) is 26.7 Å². The van der Waals surface area contributed by atoms with Gasteiger partial charge < -0.3 is 19.7 Å². The van der Waals surface area contributed by atoms with Gasteiger partial charge in [-0.25, -0.2) is 4.79 Å². The fourth-order valence-corrected chi connectivity index (χ4v) is 4.11. The Morgan fingerprint density at radius 1 is 1.24 bits per heavy atom. The molecule has 1 aromatic heterocycles. The first-order valence-electron chi connectivity index (χ1n) is 9.75. The van der Waals surface area contributed by atoms with Crippen LogP contribution in [0.4, 0.5) is 4.79 Å². The van der Waals surface area contributed by atoms with Gasteiger partial charge in [-0.15, -0.1) is 10.2 Å². The van der Waals surface area contributed by atoms with Crippen LogP contribution in [-0.2, 0) is 7.05 Å². The summed E-state index contributed by atoms with van der Waals surface area (Å²) in [6.07, 6.45) is 9.39. The molecular weight excluding hydrogens is 316 g/mol. The van der Waals surface area contributed by atoms with Gasteiger partial charge in [0.1, 0.15) is 6.33 Å². The van der Waals surface area contributed by atoms with E-state index in [0.29, 0.717) is 5.92 Å². The van der Waals surface area contributed by atoms with Gasteiger partial charge >= 0.3 is 6.03 Å². The highest BCUT2D eigenvalue weighted by atomic mass is 16.2. The number of aryl methyl sites for hydroxylation is 1. The molecule has 2 fully saturated rings. The van der Waals surface area contributed by atoms with Gasteiger partial charge in [0.05, 0.1) is 6.04 Å². The smallest absolute Gasteiger partial charge is 0.317 e. The summed E-state index contributed by atoms with van der Waals surface area (Å²) < 4.78 is 1.85. The lowest BCUT2D eigenvalue weighted by atomic mass is 9.97. The lowest BCUT2D eigenvalue weighted by Crippen LogP contribution is -2.48. The topological polar surface area (TPSA) is 66.3 Å². The summed E-state index contributed by atoms with van der Waals surface area (Å²) in [6.45, 7) is 7.28. The number of carbonyl (C=O) groups is 1. The zero-order valence-electron chi connectivity index (χ0n) is 15.7. The van der Waals surface area contributed by atoms with Crippen molar-refractivity contribution in [3.05, 3.63) is 12.2 Å². The fourth-order valence-electron chi connectivity index (χ4n) is 4.11. The van der Waals surface area contributed by atoms with E-state index in [1.807, 2.05) is 23.4 Å². The molecule has 2 aliphatic rings. The van der Waals surface area contributed by atoms with E-state index >= 15 is 0 Å². The van der Waals surface area contributed by atoms with Gasteiger partial charge in [0.15, 0.2) is 5.82 Å². The largest absolute Gasteiger partial charge is 0.328 e. The van der Waals surface area contributed by atoms with Crippen LogP contribution < -0.4 is 5.32 Å². The number of amides is 2. The Morgan fingerprint density at radius 2 is 2.00 bits per heavy atom. The highest BCUT2D eigenvalue weighted by Crippen LogP contribution is 2.20. The van der Waals surface area contributed by atoms with E-state index in [2.05, 4.69) is 20.4 Å². The fraction of sp³-hybridized carbons (Fsp3) is 0.833.